The van der Waals surface area contributed by atoms with Gasteiger partial charge in [-0.3, -0.25) is 9.59 Å². The van der Waals surface area contributed by atoms with Crippen molar-refractivity contribution < 1.29 is 19.5 Å². The number of rotatable bonds is 4. The first-order valence-electron chi connectivity index (χ1n) is 5.74. The van der Waals surface area contributed by atoms with Crippen LogP contribution in [0.5, 0.6) is 0 Å². The summed E-state index contributed by atoms with van der Waals surface area (Å²) in [6.07, 6.45) is 0. The van der Waals surface area contributed by atoms with Crippen molar-refractivity contribution in [3.8, 4) is 0 Å². The molecular weight excluding hydrogens is 260 g/mol. The Hall–Kier alpha value is -1.30. The van der Waals surface area contributed by atoms with E-state index < -0.39 is 12.0 Å². The van der Waals surface area contributed by atoms with E-state index in [0.29, 0.717) is 6.54 Å². The largest absolute Gasteiger partial charge is 0.480 e. The topological polar surface area (TPSA) is 77.9 Å². The predicted octanol–water partition coefficient (Wildman–Crippen LogP) is 0.00520. The molecule has 7 heteroatoms. The standard InChI is InChI=1S/C11H17ClN2O4/c1-7(2)10(11(17)18)14-4-3-13(6-9(14)16)8(15)5-12/h7,10H,3-6H2,1-2H3,(H,17,18)/t10-/m0/s1. The molecule has 1 aliphatic rings. The molecule has 1 atom stereocenters. The molecule has 0 aliphatic carbocycles. The summed E-state index contributed by atoms with van der Waals surface area (Å²) in [5.74, 6) is -2.01. The number of carboxylic acid groups (broad SMARTS) is 1. The van der Waals surface area contributed by atoms with Crippen LogP contribution in [0.4, 0.5) is 0 Å². The highest BCUT2D eigenvalue weighted by molar-refractivity contribution is 6.27. The van der Waals surface area contributed by atoms with Crippen molar-refractivity contribution in [3.63, 3.8) is 0 Å². The number of hydrogen-bond donors (Lipinski definition) is 1. The first-order valence-corrected chi connectivity index (χ1v) is 6.28. The Morgan fingerprint density at radius 1 is 1.39 bits per heavy atom. The molecule has 1 aliphatic heterocycles. The van der Waals surface area contributed by atoms with Crippen molar-refractivity contribution in [2.24, 2.45) is 5.92 Å². The lowest BCUT2D eigenvalue weighted by atomic mass is 10.0. The van der Waals surface area contributed by atoms with E-state index in [2.05, 4.69) is 0 Å². The van der Waals surface area contributed by atoms with Crippen LogP contribution in [-0.4, -0.2) is 64.2 Å². The second kappa shape index (κ2) is 6.04. The van der Waals surface area contributed by atoms with Crippen LogP contribution in [0.1, 0.15) is 13.8 Å². The van der Waals surface area contributed by atoms with Crippen molar-refractivity contribution in [2.75, 3.05) is 25.5 Å². The van der Waals surface area contributed by atoms with Gasteiger partial charge in [0.25, 0.3) is 0 Å². The molecule has 0 aromatic rings. The fourth-order valence-corrected chi connectivity index (χ4v) is 2.23. The Kier molecular flexibility index (Phi) is 4.95. The number of carboxylic acids is 1. The van der Waals surface area contributed by atoms with Gasteiger partial charge < -0.3 is 14.9 Å². The molecule has 102 valence electrons. The zero-order valence-corrected chi connectivity index (χ0v) is 11.2. The van der Waals surface area contributed by atoms with E-state index in [9.17, 15) is 14.4 Å². The third-order valence-corrected chi connectivity index (χ3v) is 3.17. The van der Waals surface area contributed by atoms with Crippen LogP contribution < -0.4 is 0 Å². The van der Waals surface area contributed by atoms with Crippen LogP contribution in [0.2, 0.25) is 0 Å². The van der Waals surface area contributed by atoms with Crippen molar-refractivity contribution in [3.05, 3.63) is 0 Å². The first kappa shape index (κ1) is 14.8. The van der Waals surface area contributed by atoms with Gasteiger partial charge in [0.05, 0.1) is 6.54 Å². The molecule has 18 heavy (non-hydrogen) atoms. The SMILES string of the molecule is CC(C)[C@@H](C(=O)O)N1CCN(C(=O)CCl)CC1=O. The molecule has 0 saturated carbocycles. The molecule has 1 rings (SSSR count). The number of piperazine rings is 1. The van der Waals surface area contributed by atoms with E-state index in [1.165, 1.54) is 9.80 Å². The summed E-state index contributed by atoms with van der Waals surface area (Å²) in [5, 5.41) is 9.14. The fourth-order valence-electron chi connectivity index (χ4n) is 2.06. The Morgan fingerprint density at radius 2 is 2.00 bits per heavy atom. The van der Waals surface area contributed by atoms with Crippen LogP contribution in [0, 0.1) is 5.92 Å². The molecule has 0 aromatic heterocycles. The minimum Gasteiger partial charge on any atom is -0.480 e. The van der Waals surface area contributed by atoms with Crippen LogP contribution in [-0.2, 0) is 14.4 Å². The van der Waals surface area contributed by atoms with Gasteiger partial charge in [0.15, 0.2) is 0 Å². The van der Waals surface area contributed by atoms with Crippen molar-refractivity contribution in [2.45, 2.75) is 19.9 Å². The van der Waals surface area contributed by atoms with Gasteiger partial charge in [-0.25, -0.2) is 4.79 Å². The summed E-state index contributed by atoms with van der Waals surface area (Å²) < 4.78 is 0. The Labute approximate surface area is 110 Å². The van der Waals surface area contributed by atoms with Crippen molar-refractivity contribution in [1.29, 1.82) is 0 Å². The summed E-state index contributed by atoms with van der Waals surface area (Å²) in [5.41, 5.74) is 0. The van der Waals surface area contributed by atoms with Gasteiger partial charge in [-0.1, -0.05) is 13.8 Å². The molecule has 0 radical (unpaired) electrons. The monoisotopic (exact) mass is 276 g/mol. The van der Waals surface area contributed by atoms with Gasteiger partial charge in [-0.15, -0.1) is 11.6 Å². The third kappa shape index (κ3) is 3.13. The summed E-state index contributed by atoms with van der Waals surface area (Å²) in [6, 6.07) is -0.842. The smallest absolute Gasteiger partial charge is 0.326 e. The number of carbonyl (C=O) groups is 3. The minimum atomic E-state index is -1.02. The molecule has 0 bridgehead atoms. The van der Waals surface area contributed by atoms with Gasteiger partial charge in [0.2, 0.25) is 11.8 Å². The zero-order valence-electron chi connectivity index (χ0n) is 10.4. The summed E-state index contributed by atoms with van der Waals surface area (Å²) >= 11 is 5.42. The number of carbonyl (C=O) groups excluding carboxylic acids is 2. The molecule has 1 heterocycles. The molecule has 0 aromatic carbocycles. The van der Waals surface area contributed by atoms with Gasteiger partial charge in [-0.05, 0) is 5.92 Å². The van der Waals surface area contributed by atoms with E-state index in [0.717, 1.165) is 0 Å². The van der Waals surface area contributed by atoms with Crippen LogP contribution in [0.3, 0.4) is 0 Å². The lowest BCUT2D eigenvalue weighted by Crippen LogP contribution is -2.58. The van der Waals surface area contributed by atoms with Crippen molar-refractivity contribution in [1.82, 2.24) is 9.80 Å². The second-order valence-corrected chi connectivity index (χ2v) is 4.83. The molecule has 0 unspecified atom stereocenters. The highest BCUT2D eigenvalue weighted by Crippen LogP contribution is 2.15. The van der Waals surface area contributed by atoms with Crippen LogP contribution in [0.25, 0.3) is 0 Å². The number of halogens is 1. The Bertz CT molecular complexity index is 359. The summed E-state index contributed by atoms with van der Waals surface area (Å²) in [6.45, 7) is 3.97. The van der Waals surface area contributed by atoms with Gasteiger partial charge in [-0.2, -0.15) is 0 Å². The fraction of sp³-hybridized carbons (Fsp3) is 0.727. The van der Waals surface area contributed by atoms with E-state index in [-0.39, 0.29) is 36.7 Å². The van der Waals surface area contributed by atoms with E-state index in [4.69, 9.17) is 16.7 Å². The minimum absolute atomic E-state index is 0.0952. The molecular formula is C11H17ClN2O4. The molecule has 6 nitrogen and oxygen atoms in total. The average Bonchev–Trinajstić information content (AvgIpc) is 2.29. The molecule has 2 amide bonds. The molecule has 1 N–H and O–H groups in total. The number of nitrogens with zero attached hydrogens (tertiary/aromatic N) is 2. The van der Waals surface area contributed by atoms with Gasteiger partial charge in [0.1, 0.15) is 11.9 Å². The molecule has 1 fully saturated rings. The van der Waals surface area contributed by atoms with E-state index in [1.807, 2.05) is 0 Å². The van der Waals surface area contributed by atoms with Crippen LogP contribution >= 0.6 is 11.6 Å². The molecule has 0 spiro atoms. The maximum atomic E-state index is 11.9. The summed E-state index contributed by atoms with van der Waals surface area (Å²) in [4.78, 5) is 37.1. The lowest BCUT2D eigenvalue weighted by molar-refractivity contribution is -0.157. The highest BCUT2D eigenvalue weighted by Gasteiger charge is 2.36. The van der Waals surface area contributed by atoms with E-state index in [1.54, 1.807) is 13.8 Å². The van der Waals surface area contributed by atoms with E-state index >= 15 is 0 Å². The predicted molar refractivity (Wildman–Crippen MR) is 65.3 cm³/mol. The van der Waals surface area contributed by atoms with Crippen LogP contribution in [0.15, 0.2) is 0 Å². The highest BCUT2D eigenvalue weighted by atomic mass is 35.5. The van der Waals surface area contributed by atoms with Gasteiger partial charge >= 0.3 is 5.97 Å². The number of aliphatic carboxylic acids is 1. The third-order valence-electron chi connectivity index (χ3n) is 2.94. The molecule has 1 saturated heterocycles. The number of amides is 2. The zero-order chi connectivity index (χ0) is 13.9. The lowest BCUT2D eigenvalue weighted by Gasteiger charge is -2.38. The second-order valence-electron chi connectivity index (χ2n) is 4.56. The average molecular weight is 277 g/mol. The maximum Gasteiger partial charge on any atom is 0.326 e. The number of alkyl halides is 1. The van der Waals surface area contributed by atoms with Gasteiger partial charge in [0, 0.05) is 13.1 Å². The Morgan fingerprint density at radius 3 is 2.39 bits per heavy atom. The maximum absolute atomic E-state index is 11.9. The Balaban J connectivity index is 2.75. The number of hydrogen-bond acceptors (Lipinski definition) is 3. The quantitative estimate of drug-likeness (QED) is 0.734. The first-order chi connectivity index (χ1) is 8.38. The van der Waals surface area contributed by atoms with Crippen molar-refractivity contribution >= 4 is 29.4 Å². The normalized spacial score (nSPS) is 18.1. The summed E-state index contributed by atoms with van der Waals surface area (Å²) in [7, 11) is 0.